The molecule has 0 bridgehead atoms. The zero-order valence-electron chi connectivity index (χ0n) is 8.82. The van der Waals surface area contributed by atoms with Gasteiger partial charge in [0.25, 0.3) is 0 Å². The molecule has 0 fully saturated rings. The summed E-state index contributed by atoms with van der Waals surface area (Å²) in [5.74, 6) is 0. The standard InChI is InChI=1S/C9H18F3NO/c1-7(14-3)8(13-2)5-4-6-9(10,11)12/h7-8,13H,4-6H2,1-3H3. The SMILES string of the molecule is CNC(CCCC(F)(F)F)C(C)OC. The van der Waals surface area contributed by atoms with Crippen molar-refractivity contribution >= 4 is 0 Å². The van der Waals surface area contributed by atoms with E-state index in [1.54, 1.807) is 14.2 Å². The van der Waals surface area contributed by atoms with Crippen LogP contribution < -0.4 is 5.32 Å². The van der Waals surface area contributed by atoms with Crippen LogP contribution in [0.5, 0.6) is 0 Å². The second-order valence-electron chi connectivity index (χ2n) is 3.34. The van der Waals surface area contributed by atoms with Gasteiger partial charge in [-0.2, -0.15) is 13.2 Å². The monoisotopic (exact) mass is 213 g/mol. The lowest BCUT2D eigenvalue weighted by atomic mass is 10.1. The van der Waals surface area contributed by atoms with E-state index in [1.807, 2.05) is 6.92 Å². The molecule has 0 radical (unpaired) electrons. The highest BCUT2D eigenvalue weighted by molar-refractivity contribution is 4.72. The summed E-state index contributed by atoms with van der Waals surface area (Å²) < 4.78 is 40.6. The molecular formula is C9H18F3NO. The van der Waals surface area contributed by atoms with E-state index in [1.165, 1.54) is 0 Å². The predicted molar refractivity (Wildman–Crippen MR) is 49.2 cm³/mol. The molecule has 1 N–H and O–H groups in total. The summed E-state index contributed by atoms with van der Waals surface area (Å²) in [6.45, 7) is 1.84. The molecule has 0 aromatic heterocycles. The largest absolute Gasteiger partial charge is 0.389 e. The van der Waals surface area contributed by atoms with Gasteiger partial charge in [0.05, 0.1) is 6.10 Å². The smallest absolute Gasteiger partial charge is 0.380 e. The van der Waals surface area contributed by atoms with Crippen molar-refractivity contribution in [2.75, 3.05) is 14.2 Å². The van der Waals surface area contributed by atoms with Crippen LogP contribution in [0.2, 0.25) is 0 Å². The summed E-state index contributed by atoms with van der Waals surface area (Å²) in [6, 6.07) is -0.0117. The maximum Gasteiger partial charge on any atom is 0.389 e. The fourth-order valence-corrected chi connectivity index (χ4v) is 1.30. The van der Waals surface area contributed by atoms with Gasteiger partial charge in [-0.3, -0.25) is 0 Å². The maximum absolute atomic E-state index is 11.8. The van der Waals surface area contributed by atoms with Crippen molar-refractivity contribution in [2.24, 2.45) is 0 Å². The molecule has 0 aliphatic carbocycles. The summed E-state index contributed by atoms with van der Waals surface area (Å²) in [5, 5.41) is 2.95. The van der Waals surface area contributed by atoms with Crippen molar-refractivity contribution in [2.45, 2.75) is 44.5 Å². The Morgan fingerprint density at radius 3 is 2.29 bits per heavy atom. The first kappa shape index (κ1) is 13.7. The molecule has 0 saturated heterocycles. The Bertz CT molecular complexity index is 149. The first-order valence-corrected chi connectivity index (χ1v) is 4.67. The van der Waals surface area contributed by atoms with Gasteiger partial charge in [0.15, 0.2) is 0 Å². The molecule has 0 saturated carbocycles. The second kappa shape index (κ2) is 6.24. The van der Waals surface area contributed by atoms with Crippen LogP contribution in [0, 0.1) is 0 Å². The normalized spacial score (nSPS) is 16.7. The van der Waals surface area contributed by atoms with Crippen LogP contribution in [0.15, 0.2) is 0 Å². The van der Waals surface area contributed by atoms with E-state index in [2.05, 4.69) is 5.32 Å². The van der Waals surface area contributed by atoms with Crippen molar-refractivity contribution in [3.05, 3.63) is 0 Å². The fraction of sp³-hybridized carbons (Fsp3) is 1.00. The van der Waals surface area contributed by atoms with Crippen molar-refractivity contribution in [1.82, 2.24) is 5.32 Å². The van der Waals surface area contributed by atoms with Crippen LogP contribution in [-0.2, 0) is 4.74 Å². The van der Waals surface area contributed by atoms with E-state index in [0.717, 1.165) is 0 Å². The summed E-state index contributed by atoms with van der Waals surface area (Å²) >= 11 is 0. The number of hydrogen-bond acceptors (Lipinski definition) is 2. The molecule has 0 aromatic rings. The van der Waals surface area contributed by atoms with E-state index in [4.69, 9.17) is 4.74 Å². The van der Waals surface area contributed by atoms with Gasteiger partial charge in [-0.1, -0.05) is 0 Å². The topological polar surface area (TPSA) is 21.3 Å². The Morgan fingerprint density at radius 1 is 1.36 bits per heavy atom. The molecule has 0 rings (SSSR count). The first-order valence-electron chi connectivity index (χ1n) is 4.67. The molecule has 0 spiro atoms. The Labute approximate surface area is 82.8 Å². The maximum atomic E-state index is 11.8. The molecule has 0 aromatic carbocycles. The van der Waals surface area contributed by atoms with E-state index in [-0.39, 0.29) is 18.6 Å². The van der Waals surface area contributed by atoms with Crippen LogP contribution in [0.4, 0.5) is 13.2 Å². The number of ether oxygens (including phenoxy) is 1. The fourth-order valence-electron chi connectivity index (χ4n) is 1.30. The van der Waals surface area contributed by atoms with Crippen LogP contribution in [0.3, 0.4) is 0 Å². The Balaban J connectivity index is 3.74. The van der Waals surface area contributed by atoms with Gasteiger partial charge in [0.2, 0.25) is 0 Å². The van der Waals surface area contributed by atoms with Gasteiger partial charge < -0.3 is 10.1 Å². The van der Waals surface area contributed by atoms with E-state index in [9.17, 15) is 13.2 Å². The minimum atomic E-state index is -4.05. The van der Waals surface area contributed by atoms with Gasteiger partial charge in [0, 0.05) is 19.6 Å². The van der Waals surface area contributed by atoms with Crippen LogP contribution >= 0.6 is 0 Å². The molecule has 0 heterocycles. The summed E-state index contributed by atoms with van der Waals surface area (Å²) in [7, 11) is 3.28. The zero-order chi connectivity index (χ0) is 11.2. The molecule has 2 atom stereocenters. The van der Waals surface area contributed by atoms with Crippen molar-refractivity contribution in [1.29, 1.82) is 0 Å². The molecule has 0 amide bonds. The summed E-state index contributed by atoms with van der Waals surface area (Å²) in [6.07, 6.45) is -4.21. The zero-order valence-corrected chi connectivity index (χ0v) is 8.82. The highest BCUT2D eigenvalue weighted by Gasteiger charge is 2.27. The van der Waals surface area contributed by atoms with Crippen LogP contribution in [-0.4, -0.2) is 32.5 Å². The predicted octanol–water partition coefficient (Wildman–Crippen LogP) is 2.34. The second-order valence-corrected chi connectivity index (χ2v) is 3.34. The Hall–Kier alpha value is -0.290. The lowest BCUT2D eigenvalue weighted by Crippen LogP contribution is -2.37. The molecule has 0 aliphatic rings. The third kappa shape index (κ3) is 6.21. The number of hydrogen-bond donors (Lipinski definition) is 1. The van der Waals surface area contributed by atoms with Gasteiger partial charge in [-0.15, -0.1) is 0 Å². The number of methoxy groups -OCH3 is 1. The van der Waals surface area contributed by atoms with Gasteiger partial charge >= 0.3 is 6.18 Å². The average Bonchev–Trinajstić information content (AvgIpc) is 2.09. The average molecular weight is 213 g/mol. The Kier molecular flexibility index (Phi) is 6.11. The number of alkyl halides is 3. The lowest BCUT2D eigenvalue weighted by molar-refractivity contribution is -0.136. The molecule has 0 aliphatic heterocycles. The third-order valence-corrected chi connectivity index (χ3v) is 2.28. The summed E-state index contributed by atoms with van der Waals surface area (Å²) in [4.78, 5) is 0. The van der Waals surface area contributed by atoms with Gasteiger partial charge in [0.1, 0.15) is 0 Å². The third-order valence-electron chi connectivity index (χ3n) is 2.28. The lowest BCUT2D eigenvalue weighted by Gasteiger charge is -2.22. The molecule has 14 heavy (non-hydrogen) atoms. The van der Waals surface area contributed by atoms with E-state index in [0.29, 0.717) is 6.42 Å². The number of rotatable bonds is 6. The Morgan fingerprint density at radius 2 is 1.93 bits per heavy atom. The first-order chi connectivity index (χ1) is 6.40. The molecule has 2 nitrogen and oxygen atoms in total. The van der Waals surface area contributed by atoms with Crippen molar-refractivity contribution < 1.29 is 17.9 Å². The van der Waals surface area contributed by atoms with Crippen molar-refractivity contribution in [3.8, 4) is 0 Å². The van der Waals surface area contributed by atoms with Crippen LogP contribution in [0.25, 0.3) is 0 Å². The van der Waals surface area contributed by atoms with Crippen molar-refractivity contribution in [3.63, 3.8) is 0 Å². The van der Waals surface area contributed by atoms with Gasteiger partial charge in [-0.25, -0.2) is 0 Å². The number of nitrogens with one attached hydrogen (secondary N) is 1. The van der Waals surface area contributed by atoms with E-state index < -0.39 is 12.6 Å². The van der Waals surface area contributed by atoms with E-state index >= 15 is 0 Å². The molecule has 2 unspecified atom stereocenters. The minimum Gasteiger partial charge on any atom is -0.380 e. The highest BCUT2D eigenvalue weighted by atomic mass is 19.4. The quantitative estimate of drug-likeness (QED) is 0.731. The minimum absolute atomic E-state index is 0.0117. The van der Waals surface area contributed by atoms with Crippen LogP contribution in [0.1, 0.15) is 26.2 Å². The van der Waals surface area contributed by atoms with Gasteiger partial charge in [-0.05, 0) is 26.8 Å². The molecule has 86 valence electrons. The summed E-state index contributed by atoms with van der Waals surface area (Å²) in [5.41, 5.74) is 0. The highest BCUT2D eigenvalue weighted by Crippen LogP contribution is 2.23. The number of likely N-dealkylation sites (N-methyl/N-ethyl adjacent to an activating group) is 1. The molecular weight excluding hydrogens is 195 g/mol. The number of halogens is 3. The molecule has 5 heteroatoms.